The average molecular weight is 418 g/mol. The van der Waals surface area contributed by atoms with Gasteiger partial charge in [-0.1, -0.05) is 6.07 Å². The lowest BCUT2D eigenvalue weighted by atomic mass is 10.1. The summed E-state index contributed by atoms with van der Waals surface area (Å²) in [5, 5.41) is 0. The van der Waals surface area contributed by atoms with Gasteiger partial charge in [0.25, 0.3) is 5.91 Å². The number of nitrogens with one attached hydrogen (secondary N) is 1. The lowest BCUT2D eigenvalue weighted by Crippen LogP contribution is -2.41. The number of carbonyl (C=O) groups excluding carboxylic acids is 1. The van der Waals surface area contributed by atoms with Gasteiger partial charge in [-0.05, 0) is 56.8 Å². The second-order valence-corrected chi connectivity index (χ2v) is 8.64. The van der Waals surface area contributed by atoms with Crippen molar-refractivity contribution in [2.24, 2.45) is 5.73 Å². The van der Waals surface area contributed by atoms with Gasteiger partial charge < -0.3 is 15.4 Å². The van der Waals surface area contributed by atoms with Crippen LogP contribution in [0.1, 0.15) is 42.5 Å². The molecule has 0 bridgehead atoms. The van der Waals surface area contributed by atoms with Crippen molar-refractivity contribution in [1.29, 1.82) is 0 Å². The Bertz CT molecular complexity index is 732. The number of ether oxygens (including phenoxy) is 1. The van der Waals surface area contributed by atoms with E-state index in [2.05, 4.69) is 4.72 Å². The molecule has 1 aliphatic carbocycles. The number of benzene rings is 1. The second kappa shape index (κ2) is 9.84. The van der Waals surface area contributed by atoms with Crippen molar-refractivity contribution >= 4 is 28.3 Å². The third-order valence-electron chi connectivity index (χ3n) is 4.72. The van der Waals surface area contributed by atoms with Crippen LogP contribution in [0.25, 0.3) is 0 Å². The number of nitrogens with zero attached hydrogens (tertiary/aromatic N) is 1. The normalized spacial score (nSPS) is 18.2. The zero-order valence-corrected chi connectivity index (χ0v) is 16.9. The first-order valence-electron chi connectivity index (χ1n) is 9.23. The molecule has 1 aromatic carbocycles. The zero-order valence-electron chi connectivity index (χ0n) is 15.3. The molecule has 1 aliphatic heterocycles. The van der Waals surface area contributed by atoms with Gasteiger partial charge in [0.15, 0.2) is 0 Å². The predicted molar refractivity (Wildman–Crippen MR) is 106 cm³/mol. The minimum atomic E-state index is -3.56. The summed E-state index contributed by atoms with van der Waals surface area (Å²) < 4.78 is 33.1. The Labute approximate surface area is 167 Å². The van der Waals surface area contributed by atoms with E-state index < -0.39 is 10.0 Å². The second-order valence-electron chi connectivity index (χ2n) is 6.93. The van der Waals surface area contributed by atoms with Gasteiger partial charge in [-0.3, -0.25) is 4.79 Å². The van der Waals surface area contributed by atoms with Crippen molar-refractivity contribution in [3.8, 4) is 0 Å². The first-order valence-corrected chi connectivity index (χ1v) is 10.7. The van der Waals surface area contributed by atoms with Gasteiger partial charge in [0.05, 0.1) is 11.0 Å². The number of hydrogen-bond donors (Lipinski definition) is 2. The molecule has 9 heteroatoms. The van der Waals surface area contributed by atoms with E-state index in [0.717, 1.165) is 32.1 Å². The quantitative estimate of drug-likeness (QED) is 0.624. The van der Waals surface area contributed by atoms with Crippen LogP contribution in [-0.2, 0) is 14.8 Å². The molecular formula is C18H28ClN3O4S. The van der Waals surface area contributed by atoms with Gasteiger partial charge in [-0.2, -0.15) is 0 Å². The Morgan fingerprint density at radius 3 is 2.56 bits per heavy atom. The van der Waals surface area contributed by atoms with Crippen molar-refractivity contribution in [2.75, 3.05) is 26.2 Å². The van der Waals surface area contributed by atoms with Crippen LogP contribution < -0.4 is 10.5 Å². The largest absolute Gasteiger partial charge is 0.378 e. The molecule has 0 unspecified atom stereocenters. The summed E-state index contributed by atoms with van der Waals surface area (Å²) in [7, 11) is -3.56. The van der Waals surface area contributed by atoms with E-state index in [4.69, 9.17) is 10.5 Å². The number of piperidine rings is 1. The molecule has 2 aliphatic rings. The minimum absolute atomic E-state index is 0. The first kappa shape index (κ1) is 22.1. The Hall–Kier alpha value is -1.19. The average Bonchev–Trinajstić information content (AvgIpc) is 3.45. The number of halogens is 1. The highest BCUT2D eigenvalue weighted by Crippen LogP contribution is 2.23. The highest BCUT2D eigenvalue weighted by atomic mass is 35.5. The van der Waals surface area contributed by atoms with Crippen molar-refractivity contribution in [3.63, 3.8) is 0 Å². The number of likely N-dealkylation sites (tertiary alicyclic amines) is 1. The number of carbonyl (C=O) groups is 1. The highest BCUT2D eigenvalue weighted by Gasteiger charge is 2.29. The number of sulfonamides is 1. The molecule has 7 nitrogen and oxygen atoms in total. The molecule has 3 N–H and O–H groups in total. The number of amides is 1. The molecule has 1 heterocycles. The van der Waals surface area contributed by atoms with Crippen LogP contribution >= 0.6 is 12.4 Å². The van der Waals surface area contributed by atoms with Gasteiger partial charge >= 0.3 is 0 Å². The Balaban J connectivity index is 0.00000261. The Morgan fingerprint density at radius 1 is 1.22 bits per heavy atom. The van der Waals surface area contributed by atoms with Crippen LogP contribution in [0.2, 0.25) is 0 Å². The monoisotopic (exact) mass is 417 g/mol. The molecule has 0 aromatic heterocycles. The maximum Gasteiger partial charge on any atom is 0.253 e. The molecule has 1 aromatic rings. The minimum Gasteiger partial charge on any atom is -0.378 e. The zero-order chi connectivity index (χ0) is 18.6. The number of hydrogen-bond acceptors (Lipinski definition) is 5. The van der Waals surface area contributed by atoms with E-state index in [-0.39, 0.29) is 35.4 Å². The number of nitrogens with two attached hydrogens (primary N) is 1. The van der Waals surface area contributed by atoms with E-state index >= 15 is 0 Å². The summed E-state index contributed by atoms with van der Waals surface area (Å²) in [5.74, 6) is -0.131. The fraction of sp³-hybridized carbons (Fsp3) is 0.611. The van der Waals surface area contributed by atoms with Crippen LogP contribution in [0.15, 0.2) is 29.2 Å². The molecule has 0 radical (unpaired) electrons. The van der Waals surface area contributed by atoms with E-state index in [0.29, 0.717) is 31.8 Å². The van der Waals surface area contributed by atoms with E-state index in [1.165, 1.54) is 12.1 Å². The standard InChI is InChI=1S/C18H27N3O4S.ClH/c19-9-2-12-25-16-7-10-21(11-8-16)18(22)14-3-1-4-17(13-14)26(23,24)20-15-5-6-15;/h1,3-4,13,15-16,20H,2,5-12,19H2;1H. The van der Waals surface area contributed by atoms with Crippen LogP contribution in [0.3, 0.4) is 0 Å². The third kappa shape index (κ3) is 6.15. The van der Waals surface area contributed by atoms with Crippen LogP contribution in [0.5, 0.6) is 0 Å². The molecular weight excluding hydrogens is 390 g/mol. The van der Waals surface area contributed by atoms with Gasteiger partial charge in [-0.15, -0.1) is 12.4 Å². The molecule has 152 valence electrons. The molecule has 27 heavy (non-hydrogen) atoms. The van der Waals surface area contributed by atoms with Gasteiger partial charge in [0, 0.05) is 31.3 Å². The summed E-state index contributed by atoms with van der Waals surface area (Å²) in [6, 6.07) is 6.33. The van der Waals surface area contributed by atoms with Crippen LogP contribution in [0.4, 0.5) is 0 Å². The molecule has 1 saturated carbocycles. The maximum atomic E-state index is 12.7. The maximum absolute atomic E-state index is 12.7. The molecule has 0 atom stereocenters. The SMILES string of the molecule is Cl.NCCCOC1CCN(C(=O)c2cccc(S(=O)(=O)NC3CC3)c2)CC1. The molecule has 1 saturated heterocycles. The van der Waals surface area contributed by atoms with Crippen molar-refractivity contribution < 1.29 is 17.9 Å². The lowest BCUT2D eigenvalue weighted by molar-refractivity contribution is 0.00844. The highest BCUT2D eigenvalue weighted by molar-refractivity contribution is 7.89. The third-order valence-corrected chi connectivity index (χ3v) is 6.24. The molecule has 1 amide bonds. The topological polar surface area (TPSA) is 102 Å². The van der Waals surface area contributed by atoms with E-state index in [9.17, 15) is 13.2 Å². The lowest BCUT2D eigenvalue weighted by Gasteiger charge is -2.32. The summed E-state index contributed by atoms with van der Waals surface area (Å²) in [5.41, 5.74) is 5.87. The summed E-state index contributed by atoms with van der Waals surface area (Å²) in [4.78, 5) is 14.6. The fourth-order valence-electron chi connectivity index (χ4n) is 3.03. The number of rotatable bonds is 8. The van der Waals surface area contributed by atoms with Gasteiger partial charge in [0.1, 0.15) is 0 Å². The molecule has 3 rings (SSSR count). The Morgan fingerprint density at radius 2 is 1.93 bits per heavy atom. The first-order chi connectivity index (χ1) is 12.5. The van der Waals surface area contributed by atoms with Crippen molar-refractivity contribution in [2.45, 2.75) is 49.1 Å². The molecule has 0 spiro atoms. The van der Waals surface area contributed by atoms with Crippen LogP contribution in [-0.4, -0.2) is 57.6 Å². The van der Waals surface area contributed by atoms with Gasteiger partial charge in [0.2, 0.25) is 10.0 Å². The van der Waals surface area contributed by atoms with E-state index in [1.54, 1.807) is 17.0 Å². The van der Waals surface area contributed by atoms with Crippen molar-refractivity contribution in [3.05, 3.63) is 29.8 Å². The van der Waals surface area contributed by atoms with Crippen molar-refractivity contribution in [1.82, 2.24) is 9.62 Å². The summed E-state index contributed by atoms with van der Waals surface area (Å²) in [6.07, 6.45) is 4.34. The Kier molecular flexibility index (Phi) is 8.05. The summed E-state index contributed by atoms with van der Waals surface area (Å²) in [6.45, 7) is 2.50. The predicted octanol–water partition coefficient (Wildman–Crippen LogP) is 1.52. The van der Waals surface area contributed by atoms with Gasteiger partial charge in [-0.25, -0.2) is 13.1 Å². The fourth-order valence-corrected chi connectivity index (χ4v) is 4.38. The van der Waals surface area contributed by atoms with E-state index in [1.807, 2.05) is 0 Å². The summed E-state index contributed by atoms with van der Waals surface area (Å²) >= 11 is 0. The molecule has 2 fully saturated rings. The smallest absolute Gasteiger partial charge is 0.253 e. The van der Waals surface area contributed by atoms with Crippen LogP contribution in [0, 0.1) is 0 Å².